The van der Waals surface area contributed by atoms with Crippen LogP contribution in [0.4, 0.5) is 5.69 Å². The van der Waals surface area contributed by atoms with Gasteiger partial charge in [0.15, 0.2) is 0 Å². The Morgan fingerprint density at radius 2 is 2.00 bits per heavy atom. The van der Waals surface area contributed by atoms with Crippen molar-refractivity contribution >= 4 is 11.6 Å². The average Bonchev–Trinajstić information content (AvgIpc) is 2.53. The largest absolute Gasteiger partial charge is 0.378 e. The summed E-state index contributed by atoms with van der Waals surface area (Å²) < 4.78 is 0. The molecule has 1 aromatic heterocycles. The van der Waals surface area contributed by atoms with E-state index in [1.54, 1.807) is 12.4 Å². The van der Waals surface area contributed by atoms with Crippen molar-refractivity contribution in [3.8, 4) is 0 Å². The zero-order valence-corrected chi connectivity index (χ0v) is 12.5. The molecule has 2 N–H and O–H groups in total. The summed E-state index contributed by atoms with van der Waals surface area (Å²) >= 11 is 0. The number of amides is 1. The Labute approximate surface area is 125 Å². The molecule has 0 saturated heterocycles. The van der Waals surface area contributed by atoms with Crippen LogP contribution in [0.2, 0.25) is 0 Å². The fraction of sp³-hybridized carbons (Fsp3) is 0.294. The molecule has 0 aliphatic rings. The van der Waals surface area contributed by atoms with Crippen molar-refractivity contribution in [3.05, 3.63) is 59.9 Å². The molecule has 1 atom stereocenters. The first-order valence-electron chi connectivity index (χ1n) is 7.25. The van der Waals surface area contributed by atoms with Crippen LogP contribution in [0.15, 0.2) is 48.8 Å². The zero-order valence-electron chi connectivity index (χ0n) is 12.5. The summed E-state index contributed by atoms with van der Waals surface area (Å²) in [5, 5.41) is 6.29. The van der Waals surface area contributed by atoms with Crippen molar-refractivity contribution in [2.75, 3.05) is 11.9 Å². The standard InChI is InChI=1S/C17H21N3O/c1-3-9-19-17(21)15-5-4-6-16(12-15)20-13(2)14-7-10-18-11-8-14/h4-8,10-13,20H,3,9H2,1-2H3,(H,19,21). The van der Waals surface area contributed by atoms with Gasteiger partial charge >= 0.3 is 0 Å². The van der Waals surface area contributed by atoms with Crippen LogP contribution in [-0.2, 0) is 0 Å². The highest BCUT2D eigenvalue weighted by atomic mass is 16.1. The van der Waals surface area contributed by atoms with Gasteiger partial charge in [-0.1, -0.05) is 13.0 Å². The Balaban J connectivity index is 2.06. The Hall–Kier alpha value is -2.36. The summed E-state index contributed by atoms with van der Waals surface area (Å²) in [4.78, 5) is 16.0. The molecule has 0 spiro atoms. The van der Waals surface area contributed by atoms with E-state index in [-0.39, 0.29) is 11.9 Å². The summed E-state index contributed by atoms with van der Waals surface area (Å²) in [7, 11) is 0. The monoisotopic (exact) mass is 283 g/mol. The van der Waals surface area contributed by atoms with E-state index >= 15 is 0 Å². The van der Waals surface area contributed by atoms with E-state index in [1.165, 1.54) is 0 Å². The molecule has 4 heteroatoms. The second-order valence-electron chi connectivity index (χ2n) is 4.98. The number of aromatic nitrogens is 1. The smallest absolute Gasteiger partial charge is 0.251 e. The molecule has 2 aromatic rings. The van der Waals surface area contributed by atoms with Crippen LogP contribution in [-0.4, -0.2) is 17.4 Å². The second-order valence-corrected chi connectivity index (χ2v) is 4.98. The minimum atomic E-state index is -0.0305. The number of carbonyl (C=O) groups is 1. The molecule has 21 heavy (non-hydrogen) atoms. The summed E-state index contributed by atoms with van der Waals surface area (Å²) in [5.74, 6) is -0.0305. The van der Waals surface area contributed by atoms with Crippen molar-refractivity contribution in [3.63, 3.8) is 0 Å². The highest BCUT2D eigenvalue weighted by molar-refractivity contribution is 5.95. The number of pyridine rings is 1. The van der Waals surface area contributed by atoms with E-state index in [1.807, 2.05) is 43.3 Å². The van der Waals surface area contributed by atoms with Gasteiger partial charge in [0, 0.05) is 36.2 Å². The fourth-order valence-electron chi connectivity index (χ4n) is 2.08. The molecule has 110 valence electrons. The second kappa shape index (κ2) is 7.43. The fourth-order valence-corrected chi connectivity index (χ4v) is 2.08. The summed E-state index contributed by atoms with van der Waals surface area (Å²) in [6.07, 6.45) is 4.49. The SMILES string of the molecule is CCCNC(=O)c1cccc(NC(C)c2ccncc2)c1. The maximum atomic E-state index is 12.0. The number of nitrogens with zero attached hydrogens (tertiary/aromatic N) is 1. The van der Waals surface area contributed by atoms with Crippen LogP contribution in [0.5, 0.6) is 0 Å². The lowest BCUT2D eigenvalue weighted by Gasteiger charge is -2.16. The van der Waals surface area contributed by atoms with Gasteiger partial charge in [-0.3, -0.25) is 9.78 Å². The predicted molar refractivity (Wildman–Crippen MR) is 85.3 cm³/mol. The quantitative estimate of drug-likeness (QED) is 0.854. The first-order chi connectivity index (χ1) is 10.2. The first kappa shape index (κ1) is 15.0. The maximum Gasteiger partial charge on any atom is 0.251 e. The minimum Gasteiger partial charge on any atom is -0.378 e. The van der Waals surface area contributed by atoms with Crippen LogP contribution in [0.1, 0.15) is 42.2 Å². The van der Waals surface area contributed by atoms with Gasteiger partial charge in [-0.25, -0.2) is 0 Å². The molecule has 0 aliphatic heterocycles. The van der Waals surface area contributed by atoms with Crippen molar-refractivity contribution < 1.29 is 4.79 Å². The lowest BCUT2D eigenvalue weighted by Crippen LogP contribution is -2.24. The number of benzene rings is 1. The third-order valence-electron chi connectivity index (χ3n) is 3.25. The van der Waals surface area contributed by atoms with Gasteiger partial charge in [-0.15, -0.1) is 0 Å². The molecule has 1 heterocycles. The Kier molecular flexibility index (Phi) is 5.32. The lowest BCUT2D eigenvalue weighted by molar-refractivity contribution is 0.0953. The van der Waals surface area contributed by atoms with Crippen molar-refractivity contribution in [1.29, 1.82) is 0 Å². The Bertz CT molecular complexity index is 584. The minimum absolute atomic E-state index is 0.0305. The number of hydrogen-bond acceptors (Lipinski definition) is 3. The lowest BCUT2D eigenvalue weighted by atomic mass is 10.1. The molecule has 0 radical (unpaired) electrons. The molecule has 4 nitrogen and oxygen atoms in total. The van der Waals surface area contributed by atoms with E-state index in [9.17, 15) is 4.79 Å². The normalized spacial score (nSPS) is 11.7. The van der Waals surface area contributed by atoms with Gasteiger partial charge in [-0.05, 0) is 49.2 Å². The van der Waals surface area contributed by atoms with E-state index in [0.717, 1.165) is 17.7 Å². The molecule has 0 bridgehead atoms. The summed E-state index contributed by atoms with van der Waals surface area (Å²) in [6, 6.07) is 11.7. The molecule has 0 saturated carbocycles. The third kappa shape index (κ3) is 4.31. The van der Waals surface area contributed by atoms with E-state index in [2.05, 4.69) is 22.5 Å². The predicted octanol–water partition coefficient (Wildman–Crippen LogP) is 3.39. The number of carbonyl (C=O) groups excluding carboxylic acids is 1. The number of anilines is 1. The van der Waals surface area contributed by atoms with Gasteiger partial charge in [-0.2, -0.15) is 0 Å². The number of nitrogens with one attached hydrogen (secondary N) is 2. The average molecular weight is 283 g/mol. The highest BCUT2D eigenvalue weighted by Crippen LogP contribution is 2.19. The van der Waals surface area contributed by atoms with E-state index in [4.69, 9.17) is 0 Å². The third-order valence-corrected chi connectivity index (χ3v) is 3.25. The van der Waals surface area contributed by atoms with Crippen LogP contribution >= 0.6 is 0 Å². The molecule has 0 aliphatic carbocycles. The number of hydrogen-bond donors (Lipinski definition) is 2. The molecule has 1 aromatic carbocycles. The molecule has 2 rings (SSSR count). The Morgan fingerprint density at radius 3 is 2.71 bits per heavy atom. The van der Waals surface area contributed by atoms with Crippen LogP contribution in [0.3, 0.4) is 0 Å². The zero-order chi connectivity index (χ0) is 15.1. The van der Waals surface area contributed by atoms with Gasteiger partial charge in [0.2, 0.25) is 0 Å². The molecule has 1 amide bonds. The van der Waals surface area contributed by atoms with E-state index in [0.29, 0.717) is 12.1 Å². The summed E-state index contributed by atoms with van der Waals surface area (Å²) in [6.45, 7) is 4.82. The van der Waals surface area contributed by atoms with Crippen LogP contribution < -0.4 is 10.6 Å². The van der Waals surface area contributed by atoms with Crippen LogP contribution in [0.25, 0.3) is 0 Å². The van der Waals surface area contributed by atoms with Crippen molar-refractivity contribution in [2.24, 2.45) is 0 Å². The number of rotatable bonds is 6. The topological polar surface area (TPSA) is 54.0 Å². The van der Waals surface area contributed by atoms with Crippen molar-refractivity contribution in [1.82, 2.24) is 10.3 Å². The van der Waals surface area contributed by atoms with E-state index < -0.39 is 0 Å². The maximum absolute atomic E-state index is 12.0. The molecular weight excluding hydrogens is 262 g/mol. The molecular formula is C17H21N3O. The summed E-state index contributed by atoms with van der Waals surface area (Å²) in [5.41, 5.74) is 2.77. The Morgan fingerprint density at radius 1 is 1.24 bits per heavy atom. The highest BCUT2D eigenvalue weighted by Gasteiger charge is 2.08. The first-order valence-corrected chi connectivity index (χ1v) is 7.25. The van der Waals surface area contributed by atoms with Crippen molar-refractivity contribution in [2.45, 2.75) is 26.3 Å². The van der Waals surface area contributed by atoms with Gasteiger partial charge in [0.05, 0.1) is 0 Å². The van der Waals surface area contributed by atoms with Gasteiger partial charge in [0.25, 0.3) is 5.91 Å². The van der Waals surface area contributed by atoms with Gasteiger partial charge in [0.1, 0.15) is 0 Å². The van der Waals surface area contributed by atoms with Crippen LogP contribution in [0, 0.1) is 0 Å². The van der Waals surface area contributed by atoms with Gasteiger partial charge < -0.3 is 10.6 Å². The molecule has 1 unspecified atom stereocenters. The molecule has 0 fully saturated rings.